The molecule has 6 nitrogen and oxygen atoms in total. The van der Waals surface area contributed by atoms with Crippen LogP contribution in [0.15, 0.2) is 66.7 Å². The van der Waals surface area contributed by atoms with Gasteiger partial charge in [-0.2, -0.15) is 5.10 Å². The van der Waals surface area contributed by atoms with Crippen LogP contribution in [0.25, 0.3) is 28.2 Å². The molecular formula is C26H26FN5O. The van der Waals surface area contributed by atoms with Crippen LogP contribution >= 0.6 is 0 Å². The molecule has 1 amide bonds. The first-order valence-electron chi connectivity index (χ1n) is 11.4. The standard InChI is InChI=1S/C26H26FN5O/c27-21-12-6-5-11-20(21)23-17-24(26(33)28-13-16-31-14-7-2-8-15-31)32-25(29-23)18-22(30-32)19-9-3-1-4-10-19/h1,3-6,9-12,17-18H,2,7-8,13-16H2,(H,28,33). The predicted molar refractivity (Wildman–Crippen MR) is 126 cm³/mol. The molecule has 0 saturated carbocycles. The smallest absolute Gasteiger partial charge is 0.270 e. The topological polar surface area (TPSA) is 62.5 Å². The van der Waals surface area contributed by atoms with Gasteiger partial charge in [-0.3, -0.25) is 4.79 Å². The number of nitrogens with one attached hydrogen (secondary N) is 1. The van der Waals surface area contributed by atoms with E-state index in [2.05, 4.69) is 20.3 Å². The van der Waals surface area contributed by atoms with Gasteiger partial charge in [0.1, 0.15) is 11.5 Å². The van der Waals surface area contributed by atoms with Crippen LogP contribution in [-0.2, 0) is 0 Å². The highest BCUT2D eigenvalue weighted by Crippen LogP contribution is 2.25. The fraction of sp³-hybridized carbons (Fsp3) is 0.269. The van der Waals surface area contributed by atoms with Crippen LogP contribution < -0.4 is 5.32 Å². The van der Waals surface area contributed by atoms with E-state index in [1.807, 2.05) is 36.4 Å². The number of hydrogen-bond donors (Lipinski definition) is 1. The predicted octanol–water partition coefficient (Wildman–Crippen LogP) is 4.42. The first-order chi connectivity index (χ1) is 16.2. The lowest BCUT2D eigenvalue weighted by molar-refractivity contribution is 0.0939. The second-order valence-corrected chi connectivity index (χ2v) is 8.33. The van der Waals surface area contributed by atoms with Crippen LogP contribution in [0.3, 0.4) is 0 Å². The molecule has 0 unspecified atom stereocenters. The molecule has 1 N–H and O–H groups in total. The Hall–Kier alpha value is -3.58. The third kappa shape index (κ3) is 4.64. The minimum absolute atomic E-state index is 0.250. The van der Waals surface area contributed by atoms with Crippen molar-refractivity contribution in [3.63, 3.8) is 0 Å². The number of hydrogen-bond acceptors (Lipinski definition) is 4. The van der Waals surface area contributed by atoms with Crippen LogP contribution in [0.4, 0.5) is 4.39 Å². The van der Waals surface area contributed by atoms with Crippen molar-refractivity contribution in [3.8, 4) is 22.5 Å². The van der Waals surface area contributed by atoms with Gasteiger partial charge < -0.3 is 10.2 Å². The Kier molecular flexibility index (Phi) is 6.13. The monoisotopic (exact) mass is 443 g/mol. The van der Waals surface area contributed by atoms with E-state index < -0.39 is 0 Å². The number of amides is 1. The summed E-state index contributed by atoms with van der Waals surface area (Å²) in [6.07, 6.45) is 3.70. The Balaban J connectivity index is 1.49. The van der Waals surface area contributed by atoms with Gasteiger partial charge in [0.2, 0.25) is 0 Å². The number of halogens is 1. The van der Waals surface area contributed by atoms with Gasteiger partial charge in [-0.05, 0) is 44.1 Å². The van der Waals surface area contributed by atoms with Crippen molar-refractivity contribution >= 4 is 11.6 Å². The molecule has 0 spiro atoms. The van der Waals surface area contributed by atoms with Crippen LogP contribution in [-0.4, -0.2) is 51.6 Å². The van der Waals surface area contributed by atoms with Crippen LogP contribution in [0.2, 0.25) is 0 Å². The normalized spacial score (nSPS) is 14.5. The molecule has 5 rings (SSSR count). The quantitative estimate of drug-likeness (QED) is 0.479. The minimum atomic E-state index is -0.381. The lowest BCUT2D eigenvalue weighted by Gasteiger charge is -2.26. The second-order valence-electron chi connectivity index (χ2n) is 8.33. The Morgan fingerprint density at radius 2 is 1.70 bits per heavy atom. The molecule has 0 aliphatic carbocycles. The highest BCUT2D eigenvalue weighted by Gasteiger charge is 2.19. The summed E-state index contributed by atoms with van der Waals surface area (Å²) >= 11 is 0. The number of rotatable bonds is 6. The summed E-state index contributed by atoms with van der Waals surface area (Å²) in [6, 6.07) is 19.6. The number of likely N-dealkylation sites (tertiary alicyclic amines) is 1. The number of aromatic nitrogens is 3. The lowest BCUT2D eigenvalue weighted by atomic mass is 10.1. The van der Waals surface area contributed by atoms with E-state index in [0.29, 0.717) is 34.8 Å². The summed E-state index contributed by atoms with van der Waals surface area (Å²) in [5, 5.41) is 7.67. The van der Waals surface area contributed by atoms with Crippen molar-refractivity contribution in [3.05, 3.63) is 78.2 Å². The largest absolute Gasteiger partial charge is 0.349 e. The van der Waals surface area contributed by atoms with Gasteiger partial charge in [0.05, 0.1) is 11.4 Å². The molecule has 1 fully saturated rings. The van der Waals surface area contributed by atoms with Crippen molar-refractivity contribution in [2.45, 2.75) is 19.3 Å². The molecular weight excluding hydrogens is 417 g/mol. The Labute approximate surface area is 192 Å². The first kappa shape index (κ1) is 21.3. The summed E-state index contributed by atoms with van der Waals surface area (Å²) in [5.41, 5.74) is 3.21. The highest BCUT2D eigenvalue weighted by molar-refractivity contribution is 5.94. The number of piperidine rings is 1. The Morgan fingerprint density at radius 3 is 2.48 bits per heavy atom. The molecule has 2 aromatic heterocycles. The fourth-order valence-corrected chi connectivity index (χ4v) is 4.29. The second kappa shape index (κ2) is 9.50. The highest BCUT2D eigenvalue weighted by atomic mass is 19.1. The van der Waals surface area contributed by atoms with Crippen molar-refractivity contribution in [2.75, 3.05) is 26.2 Å². The van der Waals surface area contributed by atoms with E-state index >= 15 is 0 Å². The van der Waals surface area contributed by atoms with E-state index in [1.54, 1.807) is 28.8 Å². The fourth-order valence-electron chi connectivity index (χ4n) is 4.29. The van der Waals surface area contributed by atoms with E-state index in [-0.39, 0.29) is 11.7 Å². The van der Waals surface area contributed by atoms with Gasteiger partial charge in [0.25, 0.3) is 5.91 Å². The summed E-state index contributed by atoms with van der Waals surface area (Å²) in [6.45, 7) is 3.51. The van der Waals surface area contributed by atoms with Crippen molar-refractivity contribution in [2.24, 2.45) is 0 Å². The van der Waals surface area contributed by atoms with Gasteiger partial charge in [-0.25, -0.2) is 13.9 Å². The van der Waals surface area contributed by atoms with E-state index in [0.717, 1.165) is 25.2 Å². The number of carbonyl (C=O) groups excluding carboxylic acids is 1. The molecule has 0 atom stereocenters. The van der Waals surface area contributed by atoms with Crippen LogP contribution in [0.5, 0.6) is 0 Å². The third-order valence-corrected chi connectivity index (χ3v) is 6.04. The van der Waals surface area contributed by atoms with Crippen molar-refractivity contribution in [1.82, 2.24) is 24.8 Å². The summed E-state index contributed by atoms with van der Waals surface area (Å²) in [4.78, 5) is 20.2. The maximum Gasteiger partial charge on any atom is 0.270 e. The molecule has 1 aliphatic rings. The van der Waals surface area contributed by atoms with E-state index in [9.17, 15) is 9.18 Å². The first-order valence-corrected chi connectivity index (χ1v) is 11.4. The maximum absolute atomic E-state index is 14.5. The Bertz CT molecular complexity index is 1260. The number of nitrogens with zero attached hydrogens (tertiary/aromatic N) is 4. The molecule has 4 aromatic rings. The molecule has 33 heavy (non-hydrogen) atoms. The molecule has 0 bridgehead atoms. The minimum Gasteiger partial charge on any atom is -0.349 e. The molecule has 168 valence electrons. The van der Waals surface area contributed by atoms with Gasteiger partial charge in [0, 0.05) is 30.3 Å². The zero-order valence-electron chi connectivity index (χ0n) is 18.4. The Morgan fingerprint density at radius 1 is 0.939 bits per heavy atom. The lowest BCUT2D eigenvalue weighted by Crippen LogP contribution is -2.38. The molecule has 1 aliphatic heterocycles. The average molecular weight is 444 g/mol. The molecule has 2 aromatic carbocycles. The van der Waals surface area contributed by atoms with Crippen LogP contribution in [0.1, 0.15) is 29.8 Å². The number of benzene rings is 2. The molecule has 1 saturated heterocycles. The maximum atomic E-state index is 14.5. The summed E-state index contributed by atoms with van der Waals surface area (Å²) < 4.78 is 16.1. The zero-order valence-corrected chi connectivity index (χ0v) is 18.4. The van der Waals surface area contributed by atoms with Gasteiger partial charge in [-0.15, -0.1) is 0 Å². The van der Waals surface area contributed by atoms with Gasteiger partial charge >= 0.3 is 0 Å². The third-order valence-electron chi connectivity index (χ3n) is 6.04. The molecule has 0 radical (unpaired) electrons. The van der Waals surface area contributed by atoms with Crippen molar-refractivity contribution < 1.29 is 9.18 Å². The number of carbonyl (C=O) groups is 1. The van der Waals surface area contributed by atoms with E-state index in [4.69, 9.17) is 0 Å². The van der Waals surface area contributed by atoms with Gasteiger partial charge in [0.15, 0.2) is 5.65 Å². The SMILES string of the molecule is O=C(NCCN1CCCCC1)c1cc(-c2ccccc2F)nc2cc(-c3ccccc3)nn12. The van der Waals surface area contributed by atoms with E-state index in [1.165, 1.54) is 25.3 Å². The molecule has 7 heteroatoms. The summed E-state index contributed by atoms with van der Waals surface area (Å²) in [5.74, 6) is -0.631. The van der Waals surface area contributed by atoms with Crippen molar-refractivity contribution in [1.29, 1.82) is 0 Å². The number of fused-ring (bicyclic) bond motifs is 1. The summed E-state index contributed by atoms with van der Waals surface area (Å²) in [7, 11) is 0. The zero-order chi connectivity index (χ0) is 22.6. The van der Waals surface area contributed by atoms with Crippen LogP contribution in [0, 0.1) is 5.82 Å². The molecule has 3 heterocycles. The average Bonchev–Trinajstić information content (AvgIpc) is 3.29. The van der Waals surface area contributed by atoms with Gasteiger partial charge in [-0.1, -0.05) is 48.9 Å².